The second-order valence-electron chi connectivity index (χ2n) is 9.41. The molecule has 0 spiro atoms. The SMILES string of the molecule is C=C(c1ccc([C@H]2COC(C)(C)N2C(=O)OCc2ccccc2)cc1)C(O)OC(C)(C)C. The predicted molar refractivity (Wildman–Crippen MR) is 124 cm³/mol. The van der Waals surface area contributed by atoms with Crippen LogP contribution >= 0.6 is 0 Å². The number of amides is 1. The topological polar surface area (TPSA) is 68.2 Å². The Morgan fingerprint density at radius 2 is 1.81 bits per heavy atom. The van der Waals surface area contributed by atoms with E-state index >= 15 is 0 Å². The second kappa shape index (κ2) is 9.45. The average Bonchev–Trinajstić information content (AvgIpc) is 3.06. The number of ether oxygens (including phenoxy) is 3. The number of rotatable bonds is 6. The molecule has 172 valence electrons. The van der Waals surface area contributed by atoms with Crippen LogP contribution in [0.4, 0.5) is 4.79 Å². The van der Waals surface area contributed by atoms with E-state index in [1.54, 1.807) is 4.90 Å². The van der Waals surface area contributed by atoms with E-state index < -0.39 is 23.7 Å². The number of aliphatic hydroxyl groups is 1. The van der Waals surface area contributed by atoms with Crippen LogP contribution in [0.15, 0.2) is 61.2 Å². The van der Waals surface area contributed by atoms with Gasteiger partial charge in [-0.2, -0.15) is 0 Å². The zero-order valence-corrected chi connectivity index (χ0v) is 19.5. The molecule has 6 nitrogen and oxygen atoms in total. The highest BCUT2D eigenvalue weighted by atomic mass is 16.6. The standard InChI is InChI=1S/C26H33NO5/c1-18(23(28)32-25(2,3)4)20-12-14-21(15-13-20)22-17-31-26(5,6)27(22)24(29)30-16-19-10-8-7-9-11-19/h7-15,22-23,28H,1,16-17H2,2-6H3/t22-,23?/m1/s1. The maximum absolute atomic E-state index is 13.0. The fraction of sp³-hybridized carbons (Fsp3) is 0.423. The van der Waals surface area contributed by atoms with Crippen LogP contribution in [-0.2, 0) is 20.8 Å². The van der Waals surface area contributed by atoms with Crippen molar-refractivity contribution in [2.24, 2.45) is 0 Å². The van der Waals surface area contributed by atoms with Gasteiger partial charge in [-0.15, -0.1) is 0 Å². The van der Waals surface area contributed by atoms with Gasteiger partial charge in [0, 0.05) is 5.57 Å². The van der Waals surface area contributed by atoms with E-state index in [0.29, 0.717) is 12.2 Å². The summed E-state index contributed by atoms with van der Waals surface area (Å²) in [5.74, 6) is 0. The molecular formula is C26H33NO5. The van der Waals surface area contributed by atoms with E-state index in [1.807, 2.05) is 89.2 Å². The first-order valence-corrected chi connectivity index (χ1v) is 10.8. The zero-order valence-electron chi connectivity index (χ0n) is 19.5. The molecular weight excluding hydrogens is 406 g/mol. The van der Waals surface area contributed by atoms with Crippen LogP contribution in [0.5, 0.6) is 0 Å². The molecule has 0 radical (unpaired) electrons. The molecule has 1 unspecified atom stereocenters. The summed E-state index contributed by atoms with van der Waals surface area (Å²) < 4.78 is 17.1. The summed E-state index contributed by atoms with van der Waals surface area (Å²) in [6.45, 7) is 13.9. The van der Waals surface area contributed by atoms with Crippen molar-refractivity contribution >= 4 is 11.7 Å². The lowest BCUT2D eigenvalue weighted by Gasteiger charge is -2.33. The van der Waals surface area contributed by atoms with Crippen molar-refractivity contribution in [2.45, 2.75) is 64.9 Å². The number of carbonyl (C=O) groups excluding carboxylic acids is 1. The molecule has 1 aliphatic heterocycles. The third-order valence-electron chi connectivity index (χ3n) is 5.32. The van der Waals surface area contributed by atoms with Gasteiger partial charge in [0.05, 0.1) is 18.2 Å². The molecule has 1 saturated heterocycles. The molecule has 1 fully saturated rings. The fourth-order valence-corrected chi connectivity index (χ4v) is 3.65. The van der Waals surface area contributed by atoms with Crippen molar-refractivity contribution in [1.29, 1.82) is 0 Å². The Hall–Kier alpha value is -2.67. The molecule has 6 heteroatoms. The smallest absolute Gasteiger partial charge is 0.412 e. The van der Waals surface area contributed by atoms with Crippen LogP contribution in [-0.4, -0.2) is 40.3 Å². The number of benzene rings is 2. The Morgan fingerprint density at radius 3 is 2.41 bits per heavy atom. The number of aliphatic hydroxyl groups excluding tert-OH is 1. The summed E-state index contributed by atoms with van der Waals surface area (Å²) in [5.41, 5.74) is 1.80. The van der Waals surface area contributed by atoms with Gasteiger partial charge in [-0.25, -0.2) is 4.79 Å². The van der Waals surface area contributed by atoms with Crippen LogP contribution in [0, 0.1) is 0 Å². The Labute approximate surface area is 190 Å². The molecule has 3 rings (SSSR count). The summed E-state index contributed by atoms with van der Waals surface area (Å²) in [4.78, 5) is 14.6. The summed E-state index contributed by atoms with van der Waals surface area (Å²) in [7, 11) is 0. The lowest BCUT2D eigenvalue weighted by atomic mass is 10.0. The number of hydrogen-bond donors (Lipinski definition) is 1. The molecule has 0 aromatic heterocycles. The lowest BCUT2D eigenvalue weighted by molar-refractivity contribution is -0.131. The maximum Gasteiger partial charge on any atom is 0.412 e. The Bertz CT molecular complexity index is 931. The Kier molecular flexibility index (Phi) is 7.08. The number of hydrogen-bond acceptors (Lipinski definition) is 5. The van der Waals surface area contributed by atoms with E-state index in [0.717, 1.165) is 16.7 Å². The fourth-order valence-electron chi connectivity index (χ4n) is 3.65. The van der Waals surface area contributed by atoms with Crippen molar-refractivity contribution in [2.75, 3.05) is 6.61 Å². The molecule has 2 aromatic carbocycles. The molecule has 0 aliphatic carbocycles. The van der Waals surface area contributed by atoms with Crippen molar-refractivity contribution < 1.29 is 24.1 Å². The Morgan fingerprint density at radius 1 is 1.19 bits per heavy atom. The monoisotopic (exact) mass is 439 g/mol. The average molecular weight is 440 g/mol. The first-order chi connectivity index (χ1) is 15.0. The molecule has 1 amide bonds. The van der Waals surface area contributed by atoms with E-state index in [-0.39, 0.29) is 12.6 Å². The third kappa shape index (κ3) is 5.76. The molecule has 0 bridgehead atoms. The molecule has 1 N–H and O–H groups in total. The van der Waals surface area contributed by atoms with E-state index in [2.05, 4.69) is 6.58 Å². The maximum atomic E-state index is 13.0. The lowest BCUT2D eigenvalue weighted by Crippen LogP contribution is -2.45. The minimum atomic E-state index is -1.10. The van der Waals surface area contributed by atoms with Crippen molar-refractivity contribution in [3.05, 3.63) is 77.9 Å². The molecule has 0 saturated carbocycles. The normalized spacial score (nSPS) is 18.9. The molecule has 1 heterocycles. The van der Waals surface area contributed by atoms with Crippen LogP contribution in [0.25, 0.3) is 5.57 Å². The minimum absolute atomic E-state index is 0.198. The van der Waals surface area contributed by atoms with Gasteiger partial charge >= 0.3 is 6.09 Å². The molecule has 2 aromatic rings. The van der Waals surface area contributed by atoms with E-state index in [1.165, 1.54) is 0 Å². The molecule has 32 heavy (non-hydrogen) atoms. The summed E-state index contributed by atoms with van der Waals surface area (Å²) in [5, 5.41) is 10.3. The molecule has 2 atom stereocenters. The zero-order chi connectivity index (χ0) is 23.5. The van der Waals surface area contributed by atoms with Gasteiger partial charge in [0.15, 0.2) is 6.29 Å². The Balaban J connectivity index is 1.72. The highest BCUT2D eigenvalue weighted by Crippen LogP contribution is 2.38. The van der Waals surface area contributed by atoms with E-state index in [4.69, 9.17) is 14.2 Å². The largest absolute Gasteiger partial charge is 0.444 e. The van der Waals surface area contributed by atoms with Crippen molar-refractivity contribution in [3.8, 4) is 0 Å². The minimum Gasteiger partial charge on any atom is -0.444 e. The van der Waals surface area contributed by atoms with Crippen molar-refractivity contribution in [3.63, 3.8) is 0 Å². The highest BCUT2D eigenvalue weighted by molar-refractivity contribution is 5.70. The van der Waals surface area contributed by atoms with Gasteiger partial charge in [-0.1, -0.05) is 61.2 Å². The van der Waals surface area contributed by atoms with Crippen LogP contribution in [0.2, 0.25) is 0 Å². The number of carbonyl (C=O) groups is 1. The van der Waals surface area contributed by atoms with Crippen LogP contribution in [0.1, 0.15) is 57.4 Å². The van der Waals surface area contributed by atoms with E-state index in [9.17, 15) is 9.90 Å². The number of nitrogens with zero attached hydrogens (tertiary/aromatic N) is 1. The third-order valence-corrected chi connectivity index (χ3v) is 5.32. The summed E-state index contributed by atoms with van der Waals surface area (Å²) in [6.07, 6.45) is -1.53. The highest BCUT2D eigenvalue weighted by Gasteiger charge is 2.45. The first-order valence-electron chi connectivity index (χ1n) is 10.8. The van der Waals surface area contributed by atoms with Gasteiger partial charge in [0.1, 0.15) is 12.3 Å². The van der Waals surface area contributed by atoms with Gasteiger partial charge in [0.2, 0.25) is 0 Å². The van der Waals surface area contributed by atoms with Gasteiger partial charge in [0.25, 0.3) is 0 Å². The summed E-state index contributed by atoms with van der Waals surface area (Å²) in [6, 6.07) is 16.9. The summed E-state index contributed by atoms with van der Waals surface area (Å²) >= 11 is 0. The van der Waals surface area contributed by atoms with Gasteiger partial charge < -0.3 is 19.3 Å². The van der Waals surface area contributed by atoms with Gasteiger partial charge in [-0.3, -0.25) is 4.90 Å². The van der Waals surface area contributed by atoms with Crippen LogP contribution < -0.4 is 0 Å². The van der Waals surface area contributed by atoms with Crippen molar-refractivity contribution in [1.82, 2.24) is 4.90 Å². The predicted octanol–water partition coefficient (Wildman–Crippen LogP) is 5.28. The first kappa shape index (κ1) is 24.0. The molecule has 1 aliphatic rings. The second-order valence-corrected chi connectivity index (χ2v) is 9.41. The van der Waals surface area contributed by atoms with Gasteiger partial charge in [-0.05, 0) is 51.3 Å². The quantitative estimate of drug-likeness (QED) is 0.620. The van der Waals surface area contributed by atoms with Crippen LogP contribution in [0.3, 0.4) is 0 Å².